The first-order chi connectivity index (χ1) is 36.8. The molecule has 410 valence electrons. The molecule has 10 rings (SSSR count). The van der Waals surface area contributed by atoms with E-state index in [0.717, 1.165) is 78.2 Å². The summed E-state index contributed by atoms with van der Waals surface area (Å²) < 4.78 is 38.6. The molecular formula is C56H68ClF2N11O5S2. The number of carbonyl (C=O) groups excluding carboxylic acids is 3. The number of aliphatic hydroxyl groups is 1. The number of piperazine rings is 1. The molecule has 6 N–H and O–H groups in total. The summed E-state index contributed by atoms with van der Waals surface area (Å²) in [6.07, 6.45) is 4.60. The minimum Gasteiger partial charge on any atom is -0.459 e. The highest BCUT2D eigenvalue weighted by Crippen LogP contribution is 2.43. The summed E-state index contributed by atoms with van der Waals surface area (Å²) >= 11 is 9.48. The molecule has 77 heavy (non-hydrogen) atoms. The number of halogens is 3. The molecule has 0 radical (unpaired) electrons. The van der Waals surface area contributed by atoms with Gasteiger partial charge in [-0.05, 0) is 113 Å². The molecule has 2 bridgehead atoms. The predicted molar refractivity (Wildman–Crippen MR) is 299 cm³/mol. The second-order valence-corrected chi connectivity index (χ2v) is 24.9. The van der Waals surface area contributed by atoms with Crippen molar-refractivity contribution in [3.8, 4) is 27.6 Å². The average molecular weight is 1110 g/mol. The molecule has 0 spiro atoms. The number of anilines is 2. The molecule has 5 unspecified atom stereocenters. The minimum absolute atomic E-state index is 0.000481. The van der Waals surface area contributed by atoms with E-state index in [2.05, 4.69) is 40.7 Å². The molecule has 4 saturated heterocycles. The number of benzene rings is 3. The number of nitrogens with one attached hydrogen (secondary N) is 3. The standard InChI is InChI=1S/C56H68ClF2N11O5S2/c1-29(75-55-66-46-39(51(67-55)69-25-35-14-15-36(26-69)63-35)23-40(57)44(45(46)59)38-16-17-41(58)49-47(38)65-54(60)77-49)24-68-20-18-32(19-21-68)8-7-9-43(72)64-50(56(4,5)6)53(74)70-27-37(71)22-42(70)52(73)62-30(2)33-10-12-34(13-11-33)48-31(3)61-28-76-48/h10-13,16-17,23,28-30,32,35-37,42,50,63,71H,7-9,14-15,18-22,24-27H2,1-6H3,(H2,60,65)(H,62,73)(H,64,72)/t29?,30?,35?,36?,37-,42+,50?/m1/s1. The molecule has 7 heterocycles. The van der Waals surface area contributed by atoms with E-state index in [1.54, 1.807) is 17.4 Å². The Hall–Kier alpha value is -5.64. The second-order valence-electron chi connectivity index (χ2n) is 22.6. The molecule has 3 aromatic carbocycles. The molecule has 21 heteroatoms. The number of nitrogens with two attached hydrogens (primary N) is 1. The first-order valence-corrected chi connectivity index (χ1v) is 28.9. The Bertz CT molecular complexity index is 3150. The van der Waals surface area contributed by atoms with Crippen molar-refractivity contribution < 1.29 is 33.0 Å². The monoisotopic (exact) mass is 1110 g/mol. The number of amides is 3. The number of aliphatic hydroxyl groups excluding tert-OH is 1. The number of thiazole rings is 2. The number of nitrogen functional groups attached to an aromatic ring is 1. The van der Waals surface area contributed by atoms with Crippen molar-refractivity contribution in [2.24, 2.45) is 11.3 Å². The van der Waals surface area contributed by atoms with Gasteiger partial charge in [-0.1, -0.05) is 68.0 Å². The van der Waals surface area contributed by atoms with Gasteiger partial charge in [-0.2, -0.15) is 9.97 Å². The van der Waals surface area contributed by atoms with E-state index in [-0.39, 0.29) is 98.8 Å². The van der Waals surface area contributed by atoms with Gasteiger partial charge in [0.2, 0.25) is 17.7 Å². The van der Waals surface area contributed by atoms with Gasteiger partial charge in [0.25, 0.3) is 0 Å². The van der Waals surface area contributed by atoms with E-state index in [0.29, 0.717) is 48.7 Å². The normalized spacial score (nSPS) is 21.4. The van der Waals surface area contributed by atoms with Gasteiger partial charge in [0.15, 0.2) is 10.9 Å². The van der Waals surface area contributed by atoms with Crippen molar-refractivity contribution >= 4 is 84.1 Å². The first kappa shape index (κ1) is 54.7. The van der Waals surface area contributed by atoms with Gasteiger partial charge in [-0.15, -0.1) is 11.3 Å². The number of piperidine rings is 1. The number of aromatic nitrogens is 4. The maximum absolute atomic E-state index is 17.1. The third-order valence-electron chi connectivity index (χ3n) is 15.7. The fraction of sp³-hybridized carbons (Fsp3) is 0.518. The van der Waals surface area contributed by atoms with E-state index >= 15 is 4.39 Å². The van der Waals surface area contributed by atoms with Crippen molar-refractivity contribution in [1.82, 2.24) is 45.7 Å². The fourth-order valence-electron chi connectivity index (χ4n) is 11.7. The van der Waals surface area contributed by atoms with Crippen molar-refractivity contribution in [3.63, 3.8) is 0 Å². The van der Waals surface area contributed by atoms with Crippen molar-refractivity contribution in [2.45, 2.75) is 135 Å². The lowest BCUT2D eigenvalue weighted by atomic mass is 9.85. The lowest BCUT2D eigenvalue weighted by Gasteiger charge is -2.35. The number of carbonyl (C=O) groups is 3. The highest BCUT2D eigenvalue weighted by Gasteiger charge is 2.45. The molecule has 4 aliphatic heterocycles. The summed E-state index contributed by atoms with van der Waals surface area (Å²) in [4.78, 5) is 67.0. The number of likely N-dealkylation sites (tertiary alicyclic amines) is 2. The van der Waals surface area contributed by atoms with E-state index in [1.807, 2.05) is 71.3 Å². The Labute approximate surface area is 460 Å². The number of aryl methyl sites for hydroxylation is 1. The van der Waals surface area contributed by atoms with Gasteiger partial charge in [0, 0.05) is 67.6 Å². The molecule has 0 aliphatic carbocycles. The zero-order valence-corrected chi connectivity index (χ0v) is 46.8. The number of nitrogens with zero attached hydrogens (tertiary/aromatic N) is 7. The van der Waals surface area contributed by atoms with Crippen LogP contribution in [0.25, 0.3) is 42.7 Å². The number of β-amino-alcohol motifs (C(OH)–C–C–N with tert-alkyl or cyclic N) is 1. The smallest absolute Gasteiger partial charge is 0.319 e. The van der Waals surface area contributed by atoms with Crippen LogP contribution in [0.5, 0.6) is 6.01 Å². The van der Waals surface area contributed by atoms with Gasteiger partial charge in [0.1, 0.15) is 35.3 Å². The van der Waals surface area contributed by atoms with E-state index in [9.17, 15) is 23.9 Å². The van der Waals surface area contributed by atoms with E-state index < -0.39 is 35.2 Å². The van der Waals surface area contributed by atoms with Crippen molar-refractivity contribution in [1.29, 1.82) is 0 Å². The molecular weight excluding hydrogens is 1040 g/mol. The van der Waals surface area contributed by atoms with Crippen LogP contribution in [0.1, 0.15) is 103 Å². The van der Waals surface area contributed by atoms with Crippen LogP contribution < -0.4 is 31.3 Å². The summed E-state index contributed by atoms with van der Waals surface area (Å²) in [6, 6.07) is 10.9. The topological polar surface area (TPSA) is 204 Å². The Morgan fingerprint density at radius 1 is 0.974 bits per heavy atom. The molecule has 4 fully saturated rings. The summed E-state index contributed by atoms with van der Waals surface area (Å²) in [6.45, 7) is 15.1. The summed E-state index contributed by atoms with van der Waals surface area (Å²) in [5, 5.41) is 21.2. The quantitative estimate of drug-likeness (QED) is 0.0616. The number of ether oxygens (including phenoxy) is 1. The van der Waals surface area contributed by atoms with Crippen molar-refractivity contribution in [3.05, 3.63) is 75.9 Å². The largest absolute Gasteiger partial charge is 0.459 e. The fourth-order valence-corrected chi connectivity index (χ4v) is 13.6. The lowest BCUT2D eigenvalue weighted by molar-refractivity contribution is -0.144. The zero-order chi connectivity index (χ0) is 54.4. The van der Waals surface area contributed by atoms with Crippen LogP contribution in [0.4, 0.5) is 19.7 Å². The van der Waals surface area contributed by atoms with Crippen LogP contribution in [0, 0.1) is 29.9 Å². The predicted octanol–water partition coefficient (Wildman–Crippen LogP) is 8.81. The lowest BCUT2D eigenvalue weighted by Crippen LogP contribution is -2.57. The number of hydrogen-bond acceptors (Lipinski definition) is 15. The summed E-state index contributed by atoms with van der Waals surface area (Å²) in [7, 11) is 0. The molecule has 4 aliphatic rings. The molecule has 3 amide bonds. The highest BCUT2D eigenvalue weighted by atomic mass is 35.5. The van der Waals surface area contributed by atoms with E-state index in [1.165, 1.54) is 17.0 Å². The molecule has 3 aromatic heterocycles. The SMILES string of the molecule is Cc1ncsc1-c1ccc(C(C)NC(=O)[C@@H]2C[C@@H](O)CN2C(=O)C(NC(=O)CCCC2CCN(CC(C)Oc3nc(N4CC5CCC(C4)N5)c4cc(Cl)c(-c5ccc(F)c6sc(N)nc56)c(F)c4n3)CC2)C(C)(C)C)cc1. The average Bonchev–Trinajstić information content (AvgIpc) is 4.20. The Morgan fingerprint density at radius 2 is 1.70 bits per heavy atom. The van der Waals surface area contributed by atoms with E-state index in [4.69, 9.17) is 27.1 Å². The maximum atomic E-state index is 17.1. The third kappa shape index (κ3) is 11.9. The molecule has 0 saturated carbocycles. The Morgan fingerprint density at radius 3 is 2.39 bits per heavy atom. The number of hydrogen-bond donors (Lipinski definition) is 5. The van der Waals surface area contributed by atoms with Crippen molar-refractivity contribution in [2.75, 3.05) is 49.9 Å². The highest BCUT2D eigenvalue weighted by molar-refractivity contribution is 7.22. The van der Waals surface area contributed by atoms with Gasteiger partial charge < -0.3 is 41.3 Å². The summed E-state index contributed by atoms with van der Waals surface area (Å²) in [5.74, 6) is -1.19. The third-order valence-corrected chi connectivity index (χ3v) is 17.9. The van der Waals surface area contributed by atoms with Gasteiger partial charge >= 0.3 is 6.01 Å². The molecule has 6 aromatic rings. The van der Waals surface area contributed by atoms with Crippen LogP contribution in [0.2, 0.25) is 5.02 Å². The van der Waals surface area contributed by atoms with Crippen LogP contribution in [-0.4, -0.2) is 128 Å². The Balaban J connectivity index is 0.730. The van der Waals surface area contributed by atoms with Crippen LogP contribution in [0.15, 0.2) is 48.0 Å². The summed E-state index contributed by atoms with van der Waals surface area (Å²) in [5.41, 5.74) is 10.7. The zero-order valence-electron chi connectivity index (χ0n) is 44.4. The molecule has 16 nitrogen and oxygen atoms in total. The van der Waals surface area contributed by atoms with Crippen LogP contribution in [0.3, 0.4) is 0 Å². The molecule has 7 atom stereocenters. The number of fused-ring (bicyclic) bond motifs is 4. The Kier molecular flexibility index (Phi) is 16.1. The van der Waals surface area contributed by atoms with Gasteiger partial charge in [-0.25, -0.2) is 18.7 Å². The first-order valence-electron chi connectivity index (χ1n) is 26.8. The second kappa shape index (κ2) is 22.6. The van der Waals surface area contributed by atoms with Crippen LogP contribution >= 0.6 is 34.3 Å². The van der Waals surface area contributed by atoms with Crippen LogP contribution in [-0.2, 0) is 14.4 Å². The number of rotatable bonds is 16. The maximum Gasteiger partial charge on any atom is 0.319 e. The minimum atomic E-state index is -0.904. The van der Waals surface area contributed by atoms with Gasteiger partial charge in [0.05, 0.1) is 43.5 Å². The van der Waals surface area contributed by atoms with Gasteiger partial charge in [-0.3, -0.25) is 19.3 Å².